The van der Waals surface area contributed by atoms with E-state index in [1.807, 2.05) is 0 Å². The van der Waals surface area contributed by atoms with Crippen molar-refractivity contribution in [2.24, 2.45) is 0 Å². The second-order valence-corrected chi connectivity index (χ2v) is 3.58. The van der Waals surface area contributed by atoms with Crippen molar-refractivity contribution in [2.45, 2.75) is 18.6 Å². The lowest BCUT2D eigenvalue weighted by atomic mass is 9.99. The predicted molar refractivity (Wildman–Crippen MR) is 54.1 cm³/mol. The fraction of sp³-hybridized carbons (Fsp3) is 0.455. The van der Waals surface area contributed by atoms with Gasteiger partial charge in [-0.05, 0) is 18.2 Å². The first-order valence-corrected chi connectivity index (χ1v) is 4.88. The van der Waals surface area contributed by atoms with Gasteiger partial charge in [0.25, 0.3) is 0 Å². The van der Waals surface area contributed by atoms with Gasteiger partial charge in [-0.25, -0.2) is 0 Å². The molecule has 1 aromatic carbocycles. The van der Waals surface area contributed by atoms with E-state index in [2.05, 4.69) is 0 Å². The Morgan fingerprint density at radius 2 is 2.33 bits per heavy atom. The fourth-order valence-electron chi connectivity index (χ4n) is 1.74. The number of ether oxygens (including phenoxy) is 2. The van der Waals surface area contributed by atoms with Gasteiger partial charge in [0.2, 0.25) is 0 Å². The Bertz CT molecular complexity index is 350. The van der Waals surface area contributed by atoms with Crippen molar-refractivity contribution >= 4 is 0 Å². The van der Waals surface area contributed by atoms with Crippen LogP contribution in [-0.2, 0) is 0 Å². The average Bonchev–Trinajstić information content (AvgIpc) is 2.28. The molecule has 1 aliphatic heterocycles. The van der Waals surface area contributed by atoms with E-state index in [1.165, 1.54) is 0 Å². The molecular weight excluding hydrogens is 196 g/mol. The highest BCUT2D eigenvalue weighted by Gasteiger charge is 2.26. The summed E-state index contributed by atoms with van der Waals surface area (Å²) < 4.78 is 10.6. The number of fused-ring (bicyclic) bond motifs is 1. The summed E-state index contributed by atoms with van der Waals surface area (Å²) in [6, 6.07) is 5.28. The van der Waals surface area contributed by atoms with Crippen LogP contribution in [0.4, 0.5) is 0 Å². The van der Waals surface area contributed by atoms with Crippen LogP contribution in [-0.4, -0.2) is 30.0 Å². The number of rotatable bonds is 2. The van der Waals surface area contributed by atoms with E-state index in [4.69, 9.17) is 14.6 Å². The third kappa shape index (κ3) is 1.91. The van der Waals surface area contributed by atoms with Gasteiger partial charge < -0.3 is 19.7 Å². The molecule has 4 nitrogen and oxygen atoms in total. The molecular formula is C11H14O4. The quantitative estimate of drug-likeness (QED) is 0.760. The molecule has 0 amide bonds. The van der Waals surface area contributed by atoms with E-state index in [1.54, 1.807) is 25.3 Å². The maximum atomic E-state index is 9.84. The molecule has 0 radical (unpaired) electrons. The Morgan fingerprint density at radius 3 is 3.00 bits per heavy atom. The molecule has 0 bridgehead atoms. The maximum absolute atomic E-state index is 9.84. The predicted octanol–water partition coefficient (Wildman–Crippen LogP) is 0.872. The number of benzene rings is 1. The van der Waals surface area contributed by atoms with E-state index in [-0.39, 0.29) is 12.7 Å². The number of methoxy groups -OCH3 is 1. The lowest BCUT2D eigenvalue weighted by Crippen LogP contribution is -2.28. The van der Waals surface area contributed by atoms with Crippen molar-refractivity contribution in [3.8, 4) is 11.5 Å². The third-order valence-corrected chi connectivity index (χ3v) is 2.56. The van der Waals surface area contributed by atoms with Gasteiger partial charge in [-0.1, -0.05) is 0 Å². The summed E-state index contributed by atoms with van der Waals surface area (Å²) in [6.07, 6.45) is -0.502. The normalized spacial score (nSPS) is 24.2. The Morgan fingerprint density at radius 1 is 1.53 bits per heavy atom. The van der Waals surface area contributed by atoms with Gasteiger partial charge in [-0.3, -0.25) is 0 Å². The summed E-state index contributed by atoms with van der Waals surface area (Å²) in [7, 11) is 1.58. The Labute approximate surface area is 88.1 Å². The SMILES string of the molecule is COc1ccc2c(c1)[C@@H](O)CC(CO)O2. The van der Waals surface area contributed by atoms with Crippen LogP contribution >= 0.6 is 0 Å². The van der Waals surface area contributed by atoms with Crippen LogP contribution in [0.1, 0.15) is 18.1 Å². The van der Waals surface area contributed by atoms with E-state index < -0.39 is 6.10 Å². The van der Waals surface area contributed by atoms with E-state index in [9.17, 15) is 5.11 Å². The van der Waals surface area contributed by atoms with Crippen LogP contribution in [0.2, 0.25) is 0 Å². The Balaban J connectivity index is 2.32. The van der Waals surface area contributed by atoms with Crippen LogP contribution in [0.25, 0.3) is 0 Å². The van der Waals surface area contributed by atoms with Crippen LogP contribution in [0.3, 0.4) is 0 Å². The lowest BCUT2D eigenvalue weighted by molar-refractivity contribution is 0.0331. The third-order valence-electron chi connectivity index (χ3n) is 2.56. The van der Waals surface area contributed by atoms with Crippen LogP contribution in [0.5, 0.6) is 11.5 Å². The van der Waals surface area contributed by atoms with E-state index >= 15 is 0 Å². The molecule has 2 rings (SSSR count). The van der Waals surface area contributed by atoms with Crippen LogP contribution in [0, 0.1) is 0 Å². The van der Waals surface area contributed by atoms with Crippen molar-refractivity contribution < 1.29 is 19.7 Å². The second-order valence-electron chi connectivity index (χ2n) is 3.58. The monoisotopic (exact) mass is 210 g/mol. The summed E-state index contributed by atoms with van der Waals surface area (Å²) >= 11 is 0. The minimum absolute atomic E-state index is 0.0808. The first-order valence-electron chi connectivity index (χ1n) is 4.88. The first-order chi connectivity index (χ1) is 7.24. The molecule has 0 saturated heterocycles. The topological polar surface area (TPSA) is 58.9 Å². The highest BCUT2D eigenvalue weighted by Crippen LogP contribution is 2.36. The molecule has 0 aromatic heterocycles. The highest BCUT2D eigenvalue weighted by molar-refractivity contribution is 5.43. The fourth-order valence-corrected chi connectivity index (χ4v) is 1.74. The Kier molecular flexibility index (Phi) is 2.79. The first kappa shape index (κ1) is 10.3. The largest absolute Gasteiger partial charge is 0.497 e. The van der Waals surface area contributed by atoms with Gasteiger partial charge in [-0.15, -0.1) is 0 Å². The minimum atomic E-state index is -0.596. The number of aliphatic hydroxyl groups is 2. The van der Waals surface area contributed by atoms with Gasteiger partial charge >= 0.3 is 0 Å². The van der Waals surface area contributed by atoms with Crippen molar-refractivity contribution in [1.29, 1.82) is 0 Å². The van der Waals surface area contributed by atoms with Crippen molar-refractivity contribution in [1.82, 2.24) is 0 Å². The zero-order valence-corrected chi connectivity index (χ0v) is 8.51. The molecule has 0 fully saturated rings. The standard InChI is InChI=1S/C11H14O4/c1-14-7-2-3-11-9(4-7)10(13)5-8(6-12)15-11/h2-4,8,10,12-13H,5-6H2,1H3/t8?,10-/m0/s1. The summed E-state index contributed by atoms with van der Waals surface area (Å²) in [5, 5.41) is 18.8. The maximum Gasteiger partial charge on any atom is 0.125 e. The molecule has 15 heavy (non-hydrogen) atoms. The second kappa shape index (κ2) is 4.08. The molecule has 2 N–H and O–H groups in total. The smallest absolute Gasteiger partial charge is 0.125 e. The van der Waals surface area contributed by atoms with Gasteiger partial charge in [0.05, 0.1) is 19.8 Å². The van der Waals surface area contributed by atoms with E-state index in [0.717, 1.165) is 5.56 Å². The molecule has 1 aliphatic rings. The number of aliphatic hydroxyl groups excluding tert-OH is 2. The van der Waals surface area contributed by atoms with Gasteiger partial charge in [0.15, 0.2) is 0 Å². The molecule has 4 heteroatoms. The van der Waals surface area contributed by atoms with Crippen molar-refractivity contribution in [2.75, 3.05) is 13.7 Å². The average molecular weight is 210 g/mol. The molecule has 1 aromatic rings. The molecule has 82 valence electrons. The molecule has 1 unspecified atom stereocenters. The molecule has 2 atom stereocenters. The number of hydrogen-bond donors (Lipinski definition) is 2. The molecule has 0 aliphatic carbocycles. The van der Waals surface area contributed by atoms with Gasteiger partial charge in [0.1, 0.15) is 17.6 Å². The Hall–Kier alpha value is -1.26. The zero-order valence-electron chi connectivity index (χ0n) is 8.51. The van der Waals surface area contributed by atoms with Crippen LogP contribution in [0.15, 0.2) is 18.2 Å². The molecule has 0 spiro atoms. The molecule has 0 saturated carbocycles. The zero-order chi connectivity index (χ0) is 10.8. The summed E-state index contributed by atoms with van der Waals surface area (Å²) in [6.45, 7) is -0.0808. The van der Waals surface area contributed by atoms with Gasteiger partial charge in [0, 0.05) is 12.0 Å². The molecule has 1 heterocycles. The number of hydrogen-bond acceptors (Lipinski definition) is 4. The van der Waals surface area contributed by atoms with Crippen molar-refractivity contribution in [3.63, 3.8) is 0 Å². The minimum Gasteiger partial charge on any atom is -0.497 e. The van der Waals surface area contributed by atoms with Gasteiger partial charge in [-0.2, -0.15) is 0 Å². The summed E-state index contributed by atoms with van der Waals surface area (Å²) in [5.74, 6) is 1.31. The van der Waals surface area contributed by atoms with Crippen LogP contribution < -0.4 is 9.47 Å². The highest BCUT2D eigenvalue weighted by atomic mass is 16.5. The lowest BCUT2D eigenvalue weighted by Gasteiger charge is -2.28. The summed E-state index contributed by atoms with van der Waals surface area (Å²) in [5.41, 5.74) is 0.721. The van der Waals surface area contributed by atoms with E-state index in [0.29, 0.717) is 17.9 Å². The van der Waals surface area contributed by atoms with Crippen molar-refractivity contribution in [3.05, 3.63) is 23.8 Å². The summed E-state index contributed by atoms with van der Waals surface area (Å²) in [4.78, 5) is 0.